The molecule has 0 aromatic heterocycles. The van der Waals surface area contributed by atoms with Crippen molar-refractivity contribution < 1.29 is 0 Å². The van der Waals surface area contributed by atoms with Crippen LogP contribution in [0.25, 0.3) is 5.57 Å². The fourth-order valence-corrected chi connectivity index (χ4v) is 2.48. The molecule has 0 N–H and O–H groups in total. The van der Waals surface area contributed by atoms with Crippen LogP contribution in [0.15, 0.2) is 35.9 Å². The van der Waals surface area contributed by atoms with Crippen molar-refractivity contribution in [2.45, 2.75) is 40.0 Å². The van der Waals surface area contributed by atoms with Gasteiger partial charge in [-0.1, -0.05) is 63.1 Å². The largest absolute Gasteiger partial charge is 0.0654 e. The molecule has 0 fully saturated rings. The van der Waals surface area contributed by atoms with Crippen molar-refractivity contribution in [1.82, 2.24) is 0 Å². The molecule has 1 aliphatic rings. The van der Waals surface area contributed by atoms with Crippen molar-refractivity contribution in [1.29, 1.82) is 0 Å². The molecule has 0 saturated heterocycles. The van der Waals surface area contributed by atoms with Gasteiger partial charge in [-0.25, -0.2) is 0 Å². The molecule has 0 aliphatic heterocycles. The van der Waals surface area contributed by atoms with Gasteiger partial charge in [-0.05, 0) is 24.0 Å². The molecule has 1 aliphatic carbocycles. The first-order chi connectivity index (χ1) is 7.18. The summed E-state index contributed by atoms with van der Waals surface area (Å²) in [5, 5.41) is 0. The molecule has 1 aromatic rings. The highest BCUT2D eigenvalue weighted by atomic mass is 14.5. The summed E-state index contributed by atoms with van der Waals surface area (Å²) >= 11 is 0. The summed E-state index contributed by atoms with van der Waals surface area (Å²) in [7, 11) is 0. The minimum Gasteiger partial charge on any atom is -0.0654 e. The van der Waals surface area contributed by atoms with E-state index in [1.807, 2.05) is 0 Å². The fourth-order valence-electron chi connectivity index (χ4n) is 2.48. The van der Waals surface area contributed by atoms with Crippen molar-refractivity contribution in [2.75, 3.05) is 0 Å². The molecule has 0 spiro atoms. The van der Waals surface area contributed by atoms with E-state index in [4.69, 9.17) is 0 Å². The van der Waals surface area contributed by atoms with Crippen LogP contribution in [0.2, 0.25) is 0 Å². The third-order valence-corrected chi connectivity index (χ3v) is 3.46. The van der Waals surface area contributed by atoms with E-state index < -0.39 is 0 Å². The number of hydrogen-bond donors (Lipinski definition) is 0. The zero-order valence-electron chi connectivity index (χ0n) is 10.0. The van der Waals surface area contributed by atoms with Gasteiger partial charge < -0.3 is 0 Å². The van der Waals surface area contributed by atoms with Crippen LogP contribution >= 0.6 is 0 Å². The summed E-state index contributed by atoms with van der Waals surface area (Å²) in [6, 6.07) is 10.8. The van der Waals surface area contributed by atoms with Crippen LogP contribution in [-0.4, -0.2) is 0 Å². The number of unbranched alkanes of at least 4 members (excludes halogenated alkanes) is 1. The Morgan fingerprint density at radius 1 is 1.07 bits per heavy atom. The minimum atomic E-state index is 0.372. The van der Waals surface area contributed by atoms with Gasteiger partial charge in [-0.15, -0.1) is 0 Å². The minimum absolute atomic E-state index is 0.372. The number of rotatable bonds is 4. The van der Waals surface area contributed by atoms with Crippen LogP contribution in [0.1, 0.15) is 45.6 Å². The Morgan fingerprint density at radius 3 is 2.33 bits per heavy atom. The Bertz CT molecular complexity index is 368. The maximum absolute atomic E-state index is 2.35. The highest BCUT2D eigenvalue weighted by Gasteiger charge is 2.44. The number of benzene rings is 1. The van der Waals surface area contributed by atoms with Crippen molar-refractivity contribution in [3.8, 4) is 0 Å². The second-order valence-electron chi connectivity index (χ2n) is 4.95. The van der Waals surface area contributed by atoms with Crippen molar-refractivity contribution in [2.24, 2.45) is 5.41 Å². The summed E-state index contributed by atoms with van der Waals surface area (Å²) in [6.45, 7) is 6.96. The molecule has 0 heteroatoms. The summed E-state index contributed by atoms with van der Waals surface area (Å²) in [5.41, 5.74) is 5.07. The van der Waals surface area contributed by atoms with Crippen LogP contribution in [0.4, 0.5) is 0 Å². The molecule has 0 unspecified atom stereocenters. The highest BCUT2D eigenvalue weighted by Crippen LogP contribution is 2.59. The second kappa shape index (κ2) is 3.84. The van der Waals surface area contributed by atoms with Crippen LogP contribution in [0, 0.1) is 5.41 Å². The van der Waals surface area contributed by atoms with Gasteiger partial charge in [0.1, 0.15) is 0 Å². The predicted molar refractivity (Wildman–Crippen MR) is 66.7 cm³/mol. The van der Waals surface area contributed by atoms with Crippen LogP contribution in [0.5, 0.6) is 0 Å². The Balaban J connectivity index is 2.19. The Morgan fingerprint density at radius 2 is 1.73 bits per heavy atom. The van der Waals surface area contributed by atoms with E-state index in [-0.39, 0.29) is 0 Å². The van der Waals surface area contributed by atoms with Crippen molar-refractivity contribution >= 4 is 5.57 Å². The van der Waals surface area contributed by atoms with Gasteiger partial charge in [-0.2, -0.15) is 0 Å². The summed E-state index contributed by atoms with van der Waals surface area (Å²) in [4.78, 5) is 0. The van der Waals surface area contributed by atoms with Gasteiger partial charge in [0, 0.05) is 5.41 Å². The fraction of sp³-hybridized carbons (Fsp3) is 0.467. The smallest absolute Gasteiger partial charge is 0.0117 e. The van der Waals surface area contributed by atoms with Gasteiger partial charge in [-0.3, -0.25) is 0 Å². The lowest BCUT2D eigenvalue weighted by Crippen LogP contribution is -1.93. The molecule has 0 heterocycles. The molecular weight excluding hydrogens is 180 g/mol. The van der Waals surface area contributed by atoms with E-state index in [1.165, 1.54) is 24.8 Å². The SMILES string of the molecule is CCCCC1=C(c2ccccc2)C1(C)C. The van der Waals surface area contributed by atoms with Gasteiger partial charge in [0.15, 0.2) is 0 Å². The van der Waals surface area contributed by atoms with Crippen LogP contribution in [-0.2, 0) is 0 Å². The van der Waals surface area contributed by atoms with E-state index in [0.717, 1.165) is 0 Å². The van der Waals surface area contributed by atoms with E-state index in [0.29, 0.717) is 5.41 Å². The quantitative estimate of drug-likeness (QED) is 0.662. The molecule has 0 amide bonds. The van der Waals surface area contributed by atoms with Gasteiger partial charge in [0.2, 0.25) is 0 Å². The van der Waals surface area contributed by atoms with E-state index in [2.05, 4.69) is 51.1 Å². The molecule has 15 heavy (non-hydrogen) atoms. The van der Waals surface area contributed by atoms with Crippen LogP contribution in [0.3, 0.4) is 0 Å². The normalized spacial score (nSPS) is 18.1. The molecule has 0 bridgehead atoms. The van der Waals surface area contributed by atoms with E-state index in [1.54, 1.807) is 11.1 Å². The zero-order chi connectivity index (χ0) is 10.9. The first-order valence-corrected chi connectivity index (χ1v) is 5.97. The average molecular weight is 200 g/mol. The standard InChI is InChI=1S/C15H20/c1-4-5-11-13-14(15(13,2)3)12-9-7-6-8-10-12/h6-10H,4-5,11H2,1-3H3. The molecule has 0 saturated carbocycles. The predicted octanol–water partition coefficient (Wildman–Crippen LogP) is 4.67. The molecule has 0 radical (unpaired) electrons. The molecule has 2 rings (SSSR count). The Kier molecular flexibility index (Phi) is 2.68. The molecular formula is C15H20. The summed E-state index contributed by atoms with van der Waals surface area (Å²) < 4.78 is 0. The van der Waals surface area contributed by atoms with Crippen molar-refractivity contribution in [3.05, 3.63) is 41.5 Å². The molecule has 0 atom stereocenters. The average Bonchev–Trinajstić information content (AvgIpc) is 2.79. The Labute approximate surface area is 93.0 Å². The number of allylic oxidation sites excluding steroid dienone is 2. The monoisotopic (exact) mass is 200 g/mol. The maximum atomic E-state index is 2.35. The lowest BCUT2D eigenvalue weighted by molar-refractivity contribution is 0.660. The molecule has 80 valence electrons. The zero-order valence-corrected chi connectivity index (χ0v) is 10.0. The summed E-state index contributed by atoms with van der Waals surface area (Å²) in [5.74, 6) is 0. The van der Waals surface area contributed by atoms with Gasteiger partial charge in [0.05, 0.1) is 0 Å². The lowest BCUT2D eigenvalue weighted by atomic mass is 9.98. The van der Waals surface area contributed by atoms with Crippen molar-refractivity contribution in [3.63, 3.8) is 0 Å². The maximum Gasteiger partial charge on any atom is 0.0117 e. The molecule has 0 nitrogen and oxygen atoms in total. The van der Waals surface area contributed by atoms with Crippen LogP contribution < -0.4 is 0 Å². The topological polar surface area (TPSA) is 0 Å². The van der Waals surface area contributed by atoms with Gasteiger partial charge >= 0.3 is 0 Å². The third kappa shape index (κ3) is 1.86. The molecule has 1 aromatic carbocycles. The first-order valence-electron chi connectivity index (χ1n) is 5.97. The van der Waals surface area contributed by atoms with E-state index >= 15 is 0 Å². The highest BCUT2D eigenvalue weighted by molar-refractivity contribution is 5.89. The third-order valence-electron chi connectivity index (χ3n) is 3.46. The second-order valence-corrected chi connectivity index (χ2v) is 4.95. The van der Waals surface area contributed by atoms with E-state index in [9.17, 15) is 0 Å². The first kappa shape index (κ1) is 10.5. The number of hydrogen-bond acceptors (Lipinski definition) is 0. The Hall–Kier alpha value is -1.04. The van der Waals surface area contributed by atoms with Gasteiger partial charge in [0.25, 0.3) is 0 Å². The lowest BCUT2D eigenvalue weighted by Gasteiger charge is -2.05. The summed E-state index contributed by atoms with van der Waals surface area (Å²) in [6.07, 6.45) is 3.91.